The lowest BCUT2D eigenvalue weighted by Crippen LogP contribution is -2.53. The minimum Gasteiger partial charge on any atom is -0.395 e. The number of rotatable bonds is 4. The summed E-state index contributed by atoms with van der Waals surface area (Å²) in [6.07, 6.45) is 2.40. The summed E-state index contributed by atoms with van der Waals surface area (Å²) in [7, 11) is -1.39. The zero-order valence-electron chi connectivity index (χ0n) is 14.1. The van der Waals surface area contributed by atoms with Crippen LogP contribution >= 0.6 is 7.26 Å². The van der Waals surface area contributed by atoms with Crippen LogP contribution in [0.5, 0.6) is 0 Å². The SMILES string of the molecule is C[C@@H]1C[P+](c2ccccc2)(c2ccccc2)C[C@H](C)N1CCO. The Labute approximate surface area is 140 Å². The third kappa shape index (κ3) is 3.21. The van der Waals surface area contributed by atoms with E-state index in [0.717, 1.165) is 6.54 Å². The van der Waals surface area contributed by atoms with Gasteiger partial charge in [0.15, 0.2) is 0 Å². The highest BCUT2D eigenvalue weighted by Gasteiger charge is 2.50. The first-order valence-electron chi connectivity index (χ1n) is 8.52. The van der Waals surface area contributed by atoms with Crippen molar-refractivity contribution in [3.05, 3.63) is 60.7 Å². The molecule has 1 aliphatic heterocycles. The fraction of sp³-hybridized carbons (Fsp3) is 0.400. The van der Waals surface area contributed by atoms with E-state index < -0.39 is 7.26 Å². The van der Waals surface area contributed by atoms with Crippen molar-refractivity contribution in [3.8, 4) is 0 Å². The Kier molecular flexibility index (Phi) is 5.16. The second-order valence-electron chi connectivity index (χ2n) is 6.66. The molecule has 3 rings (SSSR count). The third-order valence-corrected chi connectivity index (χ3v) is 10.0. The van der Waals surface area contributed by atoms with E-state index in [4.69, 9.17) is 0 Å². The largest absolute Gasteiger partial charge is 0.395 e. The van der Waals surface area contributed by atoms with Crippen LogP contribution in [0.25, 0.3) is 0 Å². The van der Waals surface area contributed by atoms with Gasteiger partial charge < -0.3 is 5.11 Å². The predicted octanol–water partition coefficient (Wildman–Crippen LogP) is 2.74. The molecule has 1 saturated heterocycles. The number of nitrogens with zero attached hydrogens (tertiary/aromatic N) is 1. The van der Waals surface area contributed by atoms with Gasteiger partial charge in [-0.1, -0.05) is 36.4 Å². The molecule has 0 saturated carbocycles. The summed E-state index contributed by atoms with van der Waals surface area (Å²) < 4.78 is 0. The fourth-order valence-electron chi connectivity index (χ4n) is 4.17. The van der Waals surface area contributed by atoms with Crippen molar-refractivity contribution < 1.29 is 5.11 Å². The summed E-state index contributed by atoms with van der Waals surface area (Å²) in [4.78, 5) is 2.48. The molecule has 1 heterocycles. The van der Waals surface area contributed by atoms with Gasteiger partial charge in [-0.2, -0.15) is 0 Å². The second kappa shape index (κ2) is 7.13. The van der Waals surface area contributed by atoms with Gasteiger partial charge in [-0.25, -0.2) is 0 Å². The van der Waals surface area contributed by atoms with E-state index in [1.54, 1.807) is 0 Å². The highest BCUT2D eigenvalue weighted by molar-refractivity contribution is 7.89. The molecule has 23 heavy (non-hydrogen) atoms. The Hall–Kier alpha value is -1.21. The molecule has 1 N–H and O–H groups in total. The number of aliphatic hydroxyl groups excluding tert-OH is 1. The van der Waals surface area contributed by atoms with Crippen molar-refractivity contribution in [1.29, 1.82) is 0 Å². The van der Waals surface area contributed by atoms with Crippen molar-refractivity contribution in [2.45, 2.75) is 25.9 Å². The Morgan fingerprint density at radius 2 is 1.30 bits per heavy atom. The van der Waals surface area contributed by atoms with Crippen molar-refractivity contribution in [3.63, 3.8) is 0 Å². The minimum atomic E-state index is -1.39. The summed E-state index contributed by atoms with van der Waals surface area (Å²) >= 11 is 0. The summed E-state index contributed by atoms with van der Waals surface area (Å²) in [6, 6.07) is 23.2. The van der Waals surface area contributed by atoms with E-state index >= 15 is 0 Å². The zero-order valence-corrected chi connectivity index (χ0v) is 15.0. The van der Waals surface area contributed by atoms with Crippen molar-refractivity contribution in [2.75, 3.05) is 25.5 Å². The van der Waals surface area contributed by atoms with E-state index in [-0.39, 0.29) is 6.61 Å². The summed E-state index contributed by atoms with van der Waals surface area (Å²) in [6.45, 7) is 5.68. The van der Waals surface area contributed by atoms with Crippen LogP contribution in [0.2, 0.25) is 0 Å². The van der Waals surface area contributed by atoms with Gasteiger partial charge in [0.25, 0.3) is 0 Å². The van der Waals surface area contributed by atoms with E-state index in [9.17, 15) is 5.11 Å². The quantitative estimate of drug-likeness (QED) is 0.873. The average Bonchev–Trinajstić information content (AvgIpc) is 2.59. The van der Waals surface area contributed by atoms with Gasteiger partial charge in [-0.3, -0.25) is 4.90 Å². The lowest BCUT2D eigenvalue weighted by molar-refractivity contribution is 0.131. The molecule has 0 bridgehead atoms. The zero-order chi connectivity index (χ0) is 16.3. The normalized spacial score (nSPS) is 24.5. The molecule has 0 spiro atoms. The van der Waals surface area contributed by atoms with Crippen LogP contribution in [0.1, 0.15) is 13.8 Å². The number of aliphatic hydroxyl groups is 1. The van der Waals surface area contributed by atoms with E-state index in [2.05, 4.69) is 79.4 Å². The molecule has 1 fully saturated rings. The summed E-state index contributed by atoms with van der Waals surface area (Å²) in [5, 5.41) is 12.4. The van der Waals surface area contributed by atoms with Crippen LogP contribution in [-0.2, 0) is 0 Å². The number of β-amino-alcohol motifs (C(OH)–C–C–N with tert-alkyl or cyclic N) is 1. The summed E-state index contributed by atoms with van der Waals surface area (Å²) in [5.41, 5.74) is 0. The molecule has 0 aliphatic carbocycles. The van der Waals surface area contributed by atoms with Crippen molar-refractivity contribution in [2.24, 2.45) is 0 Å². The summed E-state index contributed by atoms with van der Waals surface area (Å²) in [5.74, 6) is 0. The van der Waals surface area contributed by atoms with Gasteiger partial charge in [0.1, 0.15) is 0 Å². The van der Waals surface area contributed by atoms with Gasteiger partial charge in [0.2, 0.25) is 0 Å². The van der Waals surface area contributed by atoms with Crippen LogP contribution < -0.4 is 10.6 Å². The molecule has 0 amide bonds. The van der Waals surface area contributed by atoms with Gasteiger partial charge in [0.05, 0.1) is 36.8 Å². The third-order valence-electron chi connectivity index (χ3n) is 5.14. The van der Waals surface area contributed by atoms with Crippen LogP contribution in [0.3, 0.4) is 0 Å². The first-order chi connectivity index (χ1) is 11.2. The first-order valence-corrected chi connectivity index (χ1v) is 10.7. The van der Waals surface area contributed by atoms with Gasteiger partial charge in [-0.05, 0) is 38.1 Å². The van der Waals surface area contributed by atoms with Crippen molar-refractivity contribution >= 4 is 17.9 Å². The van der Waals surface area contributed by atoms with Gasteiger partial charge >= 0.3 is 0 Å². The monoisotopic (exact) mass is 328 g/mol. The Morgan fingerprint density at radius 3 is 1.70 bits per heavy atom. The Morgan fingerprint density at radius 1 is 0.870 bits per heavy atom. The van der Waals surface area contributed by atoms with Gasteiger partial charge in [0, 0.05) is 18.6 Å². The molecule has 1 aliphatic rings. The second-order valence-corrected chi connectivity index (χ2v) is 10.4. The first kappa shape index (κ1) is 16.6. The lowest BCUT2D eigenvalue weighted by atomic mass is 10.2. The molecular weight excluding hydrogens is 301 g/mol. The van der Waals surface area contributed by atoms with Crippen LogP contribution in [0.4, 0.5) is 0 Å². The lowest BCUT2D eigenvalue weighted by Gasteiger charge is -2.44. The molecule has 0 aromatic heterocycles. The molecule has 0 radical (unpaired) electrons. The Bertz CT molecular complexity index is 563. The number of hydrogen-bond acceptors (Lipinski definition) is 2. The maximum absolute atomic E-state index is 9.39. The molecule has 2 atom stereocenters. The maximum Gasteiger partial charge on any atom is 0.0993 e. The molecule has 2 aromatic carbocycles. The minimum absolute atomic E-state index is 0.247. The topological polar surface area (TPSA) is 23.5 Å². The average molecular weight is 328 g/mol. The highest BCUT2D eigenvalue weighted by atomic mass is 31.2. The standard InChI is InChI=1S/C20H27NOP/c1-17-15-23(19-9-5-3-6-10-19,20-11-7-4-8-12-20)16-18(2)21(17)13-14-22/h3-12,17-18,22H,13-16H2,1-2H3/q+1/t17-,18+. The van der Waals surface area contributed by atoms with Crippen LogP contribution in [0.15, 0.2) is 60.7 Å². The van der Waals surface area contributed by atoms with Crippen LogP contribution in [-0.4, -0.2) is 47.6 Å². The van der Waals surface area contributed by atoms with Crippen molar-refractivity contribution in [1.82, 2.24) is 4.90 Å². The predicted molar refractivity (Wildman–Crippen MR) is 102 cm³/mol. The Balaban J connectivity index is 2.05. The highest BCUT2D eigenvalue weighted by Crippen LogP contribution is 2.60. The fourth-order valence-corrected chi connectivity index (χ4v) is 9.17. The molecule has 0 unspecified atom stereocenters. The molecular formula is C20H27NOP+. The van der Waals surface area contributed by atoms with E-state index in [1.807, 2.05) is 0 Å². The number of benzene rings is 2. The molecule has 2 nitrogen and oxygen atoms in total. The van der Waals surface area contributed by atoms with Gasteiger partial charge in [-0.15, -0.1) is 0 Å². The number of hydrogen-bond donors (Lipinski definition) is 1. The van der Waals surface area contributed by atoms with E-state index in [0.29, 0.717) is 12.1 Å². The smallest absolute Gasteiger partial charge is 0.0993 e. The van der Waals surface area contributed by atoms with E-state index in [1.165, 1.54) is 22.9 Å². The van der Waals surface area contributed by atoms with Crippen LogP contribution in [0, 0.1) is 0 Å². The maximum atomic E-state index is 9.39. The molecule has 122 valence electrons. The molecule has 3 heteroatoms. The molecule has 2 aromatic rings.